The van der Waals surface area contributed by atoms with Gasteiger partial charge in [-0.15, -0.1) is 10.2 Å². The molecule has 33 heavy (non-hydrogen) atoms. The molecule has 0 atom stereocenters. The van der Waals surface area contributed by atoms with Crippen LogP contribution < -0.4 is 15.0 Å². The van der Waals surface area contributed by atoms with Crippen molar-refractivity contribution in [3.8, 4) is 16.9 Å². The maximum Gasteiger partial charge on any atom is 0.210 e. The molecule has 0 aliphatic carbocycles. The summed E-state index contributed by atoms with van der Waals surface area (Å²) in [6.07, 6.45) is 5.86. The molecule has 0 unspecified atom stereocenters. The van der Waals surface area contributed by atoms with Crippen LogP contribution in [0.2, 0.25) is 0 Å². The van der Waals surface area contributed by atoms with Gasteiger partial charge in [-0.25, -0.2) is 14.4 Å². The van der Waals surface area contributed by atoms with Crippen molar-refractivity contribution in [3.05, 3.63) is 59.9 Å². The van der Waals surface area contributed by atoms with Crippen molar-refractivity contribution in [2.24, 2.45) is 0 Å². The molecule has 0 spiro atoms. The Morgan fingerprint density at radius 3 is 2.79 bits per heavy atom. The molecule has 0 radical (unpaired) electrons. The number of fused-ring (bicyclic) bond motifs is 2. The highest BCUT2D eigenvalue weighted by Gasteiger charge is 2.20. The second-order valence-electron chi connectivity index (χ2n) is 7.98. The van der Waals surface area contributed by atoms with Gasteiger partial charge in [0.05, 0.1) is 19.8 Å². The maximum absolute atomic E-state index is 14.5. The number of anilines is 2. The Morgan fingerprint density at radius 1 is 1.03 bits per heavy atom. The summed E-state index contributed by atoms with van der Waals surface area (Å²) in [7, 11) is 0. The van der Waals surface area contributed by atoms with Gasteiger partial charge in [0, 0.05) is 60.7 Å². The molecule has 10 heteroatoms. The molecule has 2 aliphatic heterocycles. The minimum Gasteiger partial charge on any atom is -0.493 e. The van der Waals surface area contributed by atoms with Crippen molar-refractivity contribution in [1.29, 1.82) is 0 Å². The Balaban J connectivity index is 1.27. The van der Waals surface area contributed by atoms with Crippen molar-refractivity contribution >= 4 is 17.4 Å². The molecule has 6 rings (SSSR count). The second-order valence-corrected chi connectivity index (χ2v) is 7.98. The van der Waals surface area contributed by atoms with Gasteiger partial charge in [-0.2, -0.15) is 0 Å². The molecule has 0 amide bonds. The largest absolute Gasteiger partial charge is 0.493 e. The van der Waals surface area contributed by atoms with E-state index in [1.807, 2.05) is 18.3 Å². The average molecular weight is 447 g/mol. The molecule has 5 heterocycles. The van der Waals surface area contributed by atoms with Crippen LogP contribution in [0.25, 0.3) is 16.8 Å². The van der Waals surface area contributed by atoms with Gasteiger partial charge in [0.25, 0.3) is 0 Å². The number of pyridine rings is 1. The predicted molar refractivity (Wildman–Crippen MR) is 120 cm³/mol. The SMILES string of the molecule is Fc1ccc2c(c1CNc1ncc(-c3ccc(N4CCOCC4)nc3)c3nncn13)CCO2. The van der Waals surface area contributed by atoms with Crippen LogP contribution in [-0.4, -0.2) is 57.5 Å². The van der Waals surface area contributed by atoms with Gasteiger partial charge in [0.2, 0.25) is 5.95 Å². The smallest absolute Gasteiger partial charge is 0.210 e. The van der Waals surface area contributed by atoms with Crippen LogP contribution in [0.15, 0.2) is 43.0 Å². The average Bonchev–Trinajstić information content (AvgIpc) is 3.54. The van der Waals surface area contributed by atoms with E-state index in [9.17, 15) is 4.39 Å². The first-order valence-electron chi connectivity index (χ1n) is 10.9. The van der Waals surface area contributed by atoms with Crippen LogP contribution >= 0.6 is 0 Å². The standard InChI is InChI=1S/C23H22FN7O2/c24-19-2-3-20-16(5-8-33-20)18(19)13-27-23-26-12-17(22-29-28-14-31(22)23)15-1-4-21(25-11-15)30-6-9-32-10-7-30/h1-4,11-12,14H,5-10,13H2,(H,26,27). The van der Waals surface area contributed by atoms with Crippen LogP contribution in [0.4, 0.5) is 16.2 Å². The highest BCUT2D eigenvalue weighted by molar-refractivity contribution is 5.77. The fourth-order valence-electron chi connectivity index (χ4n) is 4.35. The number of hydrogen-bond donors (Lipinski definition) is 1. The zero-order valence-electron chi connectivity index (χ0n) is 17.9. The first-order valence-corrected chi connectivity index (χ1v) is 10.9. The van der Waals surface area contributed by atoms with Crippen molar-refractivity contribution in [2.75, 3.05) is 43.1 Å². The quantitative estimate of drug-likeness (QED) is 0.500. The molecule has 0 bridgehead atoms. The summed E-state index contributed by atoms with van der Waals surface area (Å²) in [4.78, 5) is 11.4. The van der Waals surface area contributed by atoms with Crippen LogP contribution in [0, 0.1) is 5.82 Å². The topological polar surface area (TPSA) is 89.7 Å². The Hall–Kier alpha value is -3.79. The first kappa shape index (κ1) is 19.9. The Morgan fingerprint density at radius 2 is 1.94 bits per heavy atom. The molecule has 168 valence electrons. The van der Waals surface area contributed by atoms with E-state index in [2.05, 4.69) is 30.4 Å². The molecule has 9 nitrogen and oxygen atoms in total. The number of hydrogen-bond acceptors (Lipinski definition) is 8. The van der Waals surface area contributed by atoms with Gasteiger partial charge in [0.15, 0.2) is 5.65 Å². The zero-order chi connectivity index (χ0) is 22.2. The van der Waals surface area contributed by atoms with E-state index in [1.54, 1.807) is 23.0 Å². The number of ether oxygens (including phenoxy) is 2. The molecular weight excluding hydrogens is 425 g/mol. The Labute approximate surface area is 189 Å². The highest BCUT2D eigenvalue weighted by Crippen LogP contribution is 2.31. The van der Waals surface area contributed by atoms with E-state index in [1.165, 1.54) is 6.07 Å². The van der Waals surface area contributed by atoms with Crippen molar-refractivity contribution in [1.82, 2.24) is 24.6 Å². The van der Waals surface area contributed by atoms with Gasteiger partial charge < -0.3 is 19.7 Å². The van der Waals surface area contributed by atoms with E-state index in [0.717, 1.165) is 41.3 Å². The second kappa shape index (κ2) is 8.28. The van der Waals surface area contributed by atoms with E-state index >= 15 is 0 Å². The Kier molecular flexibility index (Phi) is 4.99. The summed E-state index contributed by atoms with van der Waals surface area (Å²) in [6.45, 7) is 3.95. The van der Waals surface area contributed by atoms with E-state index in [4.69, 9.17) is 9.47 Å². The van der Waals surface area contributed by atoms with Crippen LogP contribution in [0.3, 0.4) is 0 Å². The summed E-state index contributed by atoms with van der Waals surface area (Å²) in [5.74, 6) is 1.95. The molecule has 1 aromatic carbocycles. The van der Waals surface area contributed by atoms with Crippen LogP contribution in [0.1, 0.15) is 11.1 Å². The summed E-state index contributed by atoms with van der Waals surface area (Å²) < 4.78 is 27.2. The van der Waals surface area contributed by atoms with Gasteiger partial charge in [0.1, 0.15) is 23.7 Å². The number of benzene rings is 1. The number of aromatic nitrogens is 5. The molecule has 3 aromatic heterocycles. The lowest BCUT2D eigenvalue weighted by Crippen LogP contribution is -2.36. The number of halogens is 1. The summed E-state index contributed by atoms with van der Waals surface area (Å²) in [5, 5.41) is 11.6. The summed E-state index contributed by atoms with van der Waals surface area (Å²) in [6, 6.07) is 7.14. The monoisotopic (exact) mass is 447 g/mol. The fourth-order valence-corrected chi connectivity index (χ4v) is 4.35. The molecule has 1 N–H and O–H groups in total. The number of nitrogens with one attached hydrogen (secondary N) is 1. The summed E-state index contributed by atoms with van der Waals surface area (Å²) in [5.41, 5.74) is 3.87. The zero-order valence-corrected chi connectivity index (χ0v) is 17.9. The molecule has 1 fully saturated rings. The van der Waals surface area contributed by atoms with Crippen molar-refractivity contribution < 1.29 is 13.9 Å². The lowest BCUT2D eigenvalue weighted by molar-refractivity contribution is 0.122. The van der Waals surface area contributed by atoms with Crippen molar-refractivity contribution in [2.45, 2.75) is 13.0 Å². The maximum atomic E-state index is 14.5. The van der Waals surface area contributed by atoms with Gasteiger partial charge in [-0.3, -0.25) is 4.40 Å². The van der Waals surface area contributed by atoms with Crippen molar-refractivity contribution in [3.63, 3.8) is 0 Å². The molecule has 2 aliphatic rings. The third-order valence-corrected chi connectivity index (χ3v) is 6.09. The van der Waals surface area contributed by atoms with E-state index in [-0.39, 0.29) is 12.4 Å². The highest BCUT2D eigenvalue weighted by atomic mass is 19.1. The third-order valence-electron chi connectivity index (χ3n) is 6.09. The lowest BCUT2D eigenvalue weighted by Gasteiger charge is -2.27. The molecule has 0 saturated carbocycles. The minimum atomic E-state index is -0.255. The molecule has 1 saturated heterocycles. The predicted octanol–water partition coefficient (Wildman–Crippen LogP) is 2.71. The van der Waals surface area contributed by atoms with Gasteiger partial charge >= 0.3 is 0 Å². The minimum absolute atomic E-state index is 0.255. The van der Waals surface area contributed by atoms with Gasteiger partial charge in [-0.05, 0) is 24.3 Å². The van der Waals surface area contributed by atoms with E-state index in [0.29, 0.717) is 43.4 Å². The summed E-state index contributed by atoms with van der Waals surface area (Å²) >= 11 is 0. The fraction of sp³-hybridized carbons (Fsp3) is 0.304. The first-order chi connectivity index (χ1) is 16.3. The number of morpholine rings is 1. The number of nitrogens with zero attached hydrogens (tertiary/aromatic N) is 6. The van der Waals surface area contributed by atoms with E-state index < -0.39 is 0 Å². The Bertz CT molecular complexity index is 1300. The lowest BCUT2D eigenvalue weighted by atomic mass is 10.0. The van der Waals surface area contributed by atoms with Crippen LogP contribution in [0.5, 0.6) is 5.75 Å². The molecule has 4 aromatic rings. The normalized spacial score (nSPS) is 15.5. The molecular formula is C23H22FN7O2. The van der Waals surface area contributed by atoms with Gasteiger partial charge in [-0.1, -0.05) is 0 Å². The third kappa shape index (κ3) is 3.62. The van der Waals surface area contributed by atoms with Crippen LogP contribution in [-0.2, 0) is 17.7 Å². The number of rotatable bonds is 5.